The van der Waals surface area contributed by atoms with Crippen molar-refractivity contribution in [3.05, 3.63) is 82.9 Å². The maximum atomic E-state index is 6.47. The van der Waals surface area contributed by atoms with Gasteiger partial charge in [-0.05, 0) is 60.9 Å². The van der Waals surface area contributed by atoms with Gasteiger partial charge in [0.2, 0.25) is 0 Å². The van der Waals surface area contributed by atoms with Crippen LogP contribution in [0.1, 0.15) is 48.8 Å². The first-order valence-electron chi connectivity index (χ1n) is 11.3. The molecule has 1 aliphatic carbocycles. The van der Waals surface area contributed by atoms with Crippen LogP contribution in [0.5, 0.6) is 5.75 Å². The van der Waals surface area contributed by atoms with Gasteiger partial charge in [0.15, 0.2) is 5.82 Å². The molecule has 1 fully saturated rings. The summed E-state index contributed by atoms with van der Waals surface area (Å²) in [4.78, 5) is 0. The molecule has 1 saturated carbocycles. The monoisotopic (exact) mass is 444 g/mol. The largest absolute Gasteiger partial charge is 0.490 e. The van der Waals surface area contributed by atoms with Crippen LogP contribution in [0.15, 0.2) is 60.7 Å². The zero-order valence-corrected chi connectivity index (χ0v) is 18.6. The van der Waals surface area contributed by atoms with Crippen LogP contribution < -0.4 is 10.1 Å². The van der Waals surface area contributed by atoms with E-state index in [9.17, 15) is 0 Å². The molecule has 32 heavy (non-hydrogen) atoms. The van der Waals surface area contributed by atoms with Gasteiger partial charge in [-0.2, -0.15) is 0 Å². The highest BCUT2D eigenvalue weighted by molar-refractivity contribution is 6.30. The molecule has 6 heteroatoms. The van der Waals surface area contributed by atoms with Crippen molar-refractivity contribution >= 4 is 22.4 Å². The van der Waals surface area contributed by atoms with E-state index >= 15 is 0 Å². The van der Waals surface area contributed by atoms with Crippen LogP contribution >= 0.6 is 11.6 Å². The highest BCUT2D eigenvalue weighted by Crippen LogP contribution is 2.37. The number of rotatable bonds is 3. The molecule has 1 aliphatic heterocycles. The van der Waals surface area contributed by atoms with Gasteiger partial charge in [-0.1, -0.05) is 48.0 Å². The molecule has 0 saturated heterocycles. The van der Waals surface area contributed by atoms with Crippen LogP contribution in [0.2, 0.25) is 5.02 Å². The van der Waals surface area contributed by atoms with Crippen LogP contribution in [0.25, 0.3) is 16.5 Å². The molecule has 0 amide bonds. The van der Waals surface area contributed by atoms with Gasteiger partial charge >= 0.3 is 0 Å². The summed E-state index contributed by atoms with van der Waals surface area (Å²) >= 11 is 6.26. The summed E-state index contributed by atoms with van der Waals surface area (Å²) in [5, 5.41) is 15.8. The SMILES string of the molecule is Clc1ccc2c(c1)CNCc1nnc(C3CCC(Oc4cccc5ccccc45)CC3)n1-2. The van der Waals surface area contributed by atoms with Crippen LogP contribution in [0, 0.1) is 0 Å². The first-order valence-corrected chi connectivity index (χ1v) is 11.7. The Morgan fingerprint density at radius 2 is 1.75 bits per heavy atom. The fourth-order valence-electron chi connectivity index (χ4n) is 5.11. The molecule has 4 aromatic rings. The van der Waals surface area contributed by atoms with Crippen molar-refractivity contribution in [1.82, 2.24) is 20.1 Å². The summed E-state index contributed by atoms with van der Waals surface area (Å²) in [6, 6.07) is 20.8. The zero-order chi connectivity index (χ0) is 21.5. The second-order valence-corrected chi connectivity index (χ2v) is 9.19. The van der Waals surface area contributed by atoms with Crippen molar-refractivity contribution < 1.29 is 4.74 Å². The van der Waals surface area contributed by atoms with Crippen LogP contribution in [-0.2, 0) is 13.1 Å². The summed E-state index contributed by atoms with van der Waals surface area (Å²) in [7, 11) is 0. The van der Waals surface area contributed by atoms with Gasteiger partial charge < -0.3 is 10.1 Å². The van der Waals surface area contributed by atoms with E-state index in [-0.39, 0.29) is 6.10 Å². The number of hydrogen-bond donors (Lipinski definition) is 1. The molecular formula is C26H25ClN4O. The average Bonchev–Trinajstić information content (AvgIpc) is 3.15. The molecular weight excluding hydrogens is 420 g/mol. The van der Waals surface area contributed by atoms with E-state index < -0.39 is 0 Å². The van der Waals surface area contributed by atoms with Crippen molar-refractivity contribution in [2.45, 2.75) is 50.8 Å². The first kappa shape index (κ1) is 19.8. The molecule has 2 heterocycles. The van der Waals surface area contributed by atoms with E-state index in [0.717, 1.165) is 60.3 Å². The molecule has 1 aromatic heterocycles. The summed E-state index contributed by atoms with van der Waals surface area (Å²) in [6.07, 6.45) is 4.36. The molecule has 0 radical (unpaired) electrons. The smallest absolute Gasteiger partial charge is 0.151 e. The molecule has 0 unspecified atom stereocenters. The number of hydrogen-bond acceptors (Lipinski definition) is 4. The van der Waals surface area contributed by atoms with Crippen LogP contribution in [0.3, 0.4) is 0 Å². The normalized spacial score (nSPS) is 20.4. The Morgan fingerprint density at radius 3 is 2.66 bits per heavy atom. The van der Waals surface area contributed by atoms with Crippen molar-refractivity contribution in [2.24, 2.45) is 0 Å². The minimum Gasteiger partial charge on any atom is -0.490 e. The van der Waals surface area contributed by atoms with Crippen LogP contribution in [0.4, 0.5) is 0 Å². The number of nitrogens with one attached hydrogen (secondary N) is 1. The van der Waals surface area contributed by atoms with Gasteiger partial charge in [0.1, 0.15) is 11.6 Å². The maximum absolute atomic E-state index is 6.47. The second kappa shape index (κ2) is 8.23. The van der Waals surface area contributed by atoms with E-state index in [0.29, 0.717) is 12.5 Å². The quantitative estimate of drug-likeness (QED) is 0.435. The number of benzene rings is 3. The number of nitrogens with zero attached hydrogens (tertiary/aromatic N) is 3. The summed E-state index contributed by atoms with van der Waals surface area (Å²) in [5.74, 6) is 3.40. The molecule has 2 aliphatic rings. The standard InChI is InChI=1S/C26H25ClN4O/c27-20-10-13-23-19(14-20)15-28-16-25-29-30-26(31(23)25)18-8-11-21(12-9-18)32-24-7-3-5-17-4-1-2-6-22(17)24/h1-7,10,13-14,18,21,28H,8-9,11-12,15-16H2. The van der Waals surface area contributed by atoms with Gasteiger partial charge in [-0.25, -0.2) is 0 Å². The Morgan fingerprint density at radius 1 is 0.906 bits per heavy atom. The second-order valence-electron chi connectivity index (χ2n) is 8.76. The fourth-order valence-corrected chi connectivity index (χ4v) is 5.31. The Hall–Kier alpha value is -2.89. The van der Waals surface area contributed by atoms with Crippen molar-refractivity contribution in [3.8, 4) is 11.4 Å². The average molecular weight is 445 g/mol. The van der Waals surface area contributed by atoms with Gasteiger partial charge in [0, 0.05) is 22.9 Å². The van der Waals surface area contributed by atoms with Gasteiger partial charge in [0.25, 0.3) is 0 Å². The van der Waals surface area contributed by atoms with E-state index in [2.05, 4.69) is 68.6 Å². The highest BCUT2D eigenvalue weighted by atomic mass is 35.5. The van der Waals surface area contributed by atoms with E-state index in [1.165, 1.54) is 16.3 Å². The van der Waals surface area contributed by atoms with Crippen LogP contribution in [-0.4, -0.2) is 20.9 Å². The molecule has 162 valence electrons. The van der Waals surface area contributed by atoms with E-state index in [1.807, 2.05) is 12.1 Å². The number of fused-ring (bicyclic) bond motifs is 4. The lowest BCUT2D eigenvalue weighted by molar-refractivity contribution is 0.146. The Labute approximate surface area is 192 Å². The predicted octanol–water partition coefficient (Wildman–Crippen LogP) is 5.78. The maximum Gasteiger partial charge on any atom is 0.151 e. The molecule has 1 N–H and O–H groups in total. The lowest BCUT2D eigenvalue weighted by Crippen LogP contribution is -2.25. The van der Waals surface area contributed by atoms with Gasteiger partial charge in [0.05, 0.1) is 18.3 Å². The lowest BCUT2D eigenvalue weighted by atomic mass is 9.86. The third-order valence-corrected chi connectivity index (χ3v) is 6.95. The molecule has 0 bridgehead atoms. The van der Waals surface area contributed by atoms with Crippen molar-refractivity contribution in [1.29, 1.82) is 0 Å². The lowest BCUT2D eigenvalue weighted by Gasteiger charge is -2.29. The van der Waals surface area contributed by atoms with Crippen molar-refractivity contribution in [3.63, 3.8) is 0 Å². The molecule has 3 aromatic carbocycles. The molecule has 0 atom stereocenters. The zero-order valence-electron chi connectivity index (χ0n) is 17.8. The number of ether oxygens (including phenoxy) is 1. The molecule has 6 rings (SSSR count). The Bertz CT molecular complexity index is 1270. The number of aromatic nitrogens is 3. The summed E-state index contributed by atoms with van der Waals surface area (Å²) in [6.45, 7) is 1.49. The Kier molecular flexibility index (Phi) is 5.08. The summed E-state index contributed by atoms with van der Waals surface area (Å²) < 4.78 is 8.72. The third kappa shape index (κ3) is 3.55. The molecule has 5 nitrogen and oxygen atoms in total. The predicted molar refractivity (Wildman–Crippen MR) is 126 cm³/mol. The molecule has 0 spiro atoms. The van der Waals surface area contributed by atoms with E-state index in [1.54, 1.807) is 0 Å². The number of halogens is 1. The first-order chi connectivity index (χ1) is 15.8. The van der Waals surface area contributed by atoms with Gasteiger partial charge in [-0.3, -0.25) is 4.57 Å². The van der Waals surface area contributed by atoms with Gasteiger partial charge in [-0.15, -0.1) is 10.2 Å². The fraction of sp³-hybridized carbons (Fsp3) is 0.308. The summed E-state index contributed by atoms with van der Waals surface area (Å²) in [5.41, 5.74) is 2.33. The minimum atomic E-state index is 0.233. The highest BCUT2D eigenvalue weighted by Gasteiger charge is 2.30. The third-order valence-electron chi connectivity index (χ3n) is 6.72. The topological polar surface area (TPSA) is 52.0 Å². The van der Waals surface area contributed by atoms with Crippen molar-refractivity contribution in [2.75, 3.05) is 0 Å². The Balaban J connectivity index is 1.22. The van der Waals surface area contributed by atoms with E-state index in [4.69, 9.17) is 16.3 Å². The minimum absolute atomic E-state index is 0.233.